The number of hydrogen-bond donors (Lipinski definition) is 1. The van der Waals surface area contributed by atoms with Gasteiger partial charge in [0.05, 0.1) is 5.56 Å². The molecule has 1 amide bonds. The number of hydrogen-bond acceptors (Lipinski definition) is 2. The summed E-state index contributed by atoms with van der Waals surface area (Å²) in [5.74, 6) is -1.11. The van der Waals surface area contributed by atoms with Crippen molar-refractivity contribution in [2.24, 2.45) is 0 Å². The fourth-order valence-electron chi connectivity index (χ4n) is 1.17. The van der Waals surface area contributed by atoms with Crippen LogP contribution in [0.25, 0.3) is 0 Å². The third-order valence-corrected chi connectivity index (χ3v) is 2.35. The van der Waals surface area contributed by atoms with Gasteiger partial charge in [-0.2, -0.15) is 13.2 Å². The lowest BCUT2D eigenvalue weighted by atomic mass is 10.1. The summed E-state index contributed by atoms with van der Waals surface area (Å²) >= 11 is 10.3. The van der Waals surface area contributed by atoms with E-state index in [0.717, 1.165) is 6.07 Å². The molecule has 0 spiro atoms. The van der Waals surface area contributed by atoms with Gasteiger partial charge >= 0.3 is 6.18 Å². The monoisotopic (exact) mass is 299 g/mol. The van der Waals surface area contributed by atoms with Crippen molar-refractivity contribution in [2.45, 2.75) is 6.18 Å². The number of carbonyl (C=O) groups is 2. The van der Waals surface area contributed by atoms with Crippen molar-refractivity contribution < 1.29 is 22.8 Å². The minimum Gasteiger partial charge on any atom is -0.325 e. The van der Waals surface area contributed by atoms with E-state index in [1.165, 1.54) is 0 Å². The van der Waals surface area contributed by atoms with Gasteiger partial charge in [-0.3, -0.25) is 9.59 Å². The summed E-state index contributed by atoms with van der Waals surface area (Å²) in [6.45, 7) is 0. The zero-order valence-electron chi connectivity index (χ0n) is 8.65. The minimum atomic E-state index is -4.65. The van der Waals surface area contributed by atoms with Crippen LogP contribution in [-0.4, -0.2) is 17.0 Å². The standard InChI is InChI=1S/C10H6Cl2F3NO2/c11-4-8(17)16-7-2-5(9(12)18)1-6(3-7)10(13,14)15/h1-3H,4H2,(H,16,17). The molecule has 1 N–H and O–H groups in total. The first-order valence-electron chi connectivity index (χ1n) is 4.52. The largest absolute Gasteiger partial charge is 0.416 e. The second kappa shape index (κ2) is 5.58. The van der Waals surface area contributed by atoms with Crippen LogP contribution < -0.4 is 5.32 Å². The van der Waals surface area contributed by atoms with E-state index in [4.69, 9.17) is 23.2 Å². The van der Waals surface area contributed by atoms with E-state index in [-0.39, 0.29) is 11.3 Å². The van der Waals surface area contributed by atoms with Crippen molar-refractivity contribution in [3.63, 3.8) is 0 Å². The van der Waals surface area contributed by atoms with E-state index < -0.39 is 28.8 Å². The van der Waals surface area contributed by atoms with Gasteiger partial charge in [-0.1, -0.05) is 0 Å². The van der Waals surface area contributed by atoms with Crippen LogP contribution in [0.1, 0.15) is 15.9 Å². The molecule has 3 nitrogen and oxygen atoms in total. The summed E-state index contributed by atoms with van der Waals surface area (Å²) in [4.78, 5) is 21.9. The molecule has 0 saturated carbocycles. The van der Waals surface area contributed by atoms with Gasteiger partial charge in [-0.15, -0.1) is 11.6 Å². The Morgan fingerprint density at radius 2 is 1.83 bits per heavy atom. The summed E-state index contributed by atoms with van der Waals surface area (Å²) in [5.41, 5.74) is -1.64. The predicted octanol–water partition coefficient (Wildman–Crippen LogP) is 3.26. The van der Waals surface area contributed by atoms with Crippen LogP contribution in [0.4, 0.5) is 18.9 Å². The molecule has 0 radical (unpaired) electrons. The quantitative estimate of drug-likeness (QED) is 0.688. The van der Waals surface area contributed by atoms with E-state index in [1.807, 2.05) is 0 Å². The highest BCUT2D eigenvalue weighted by atomic mass is 35.5. The van der Waals surface area contributed by atoms with Crippen LogP contribution in [0.5, 0.6) is 0 Å². The Hall–Kier alpha value is -1.27. The molecule has 8 heteroatoms. The van der Waals surface area contributed by atoms with E-state index in [9.17, 15) is 22.8 Å². The maximum atomic E-state index is 12.5. The number of rotatable bonds is 3. The van der Waals surface area contributed by atoms with Crippen molar-refractivity contribution in [3.05, 3.63) is 29.3 Å². The lowest BCUT2D eigenvalue weighted by Gasteiger charge is -2.11. The first-order chi connectivity index (χ1) is 8.24. The van der Waals surface area contributed by atoms with Crippen LogP contribution in [-0.2, 0) is 11.0 Å². The second-order valence-electron chi connectivity index (χ2n) is 3.25. The normalized spacial score (nSPS) is 11.2. The van der Waals surface area contributed by atoms with Gasteiger partial charge in [0.2, 0.25) is 5.91 Å². The number of benzene rings is 1. The first-order valence-corrected chi connectivity index (χ1v) is 5.43. The van der Waals surface area contributed by atoms with Gasteiger partial charge in [0.25, 0.3) is 5.24 Å². The molecule has 1 rings (SSSR count). The highest BCUT2D eigenvalue weighted by Gasteiger charge is 2.31. The first kappa shape index (κ1) is 14.8. The molecule has 1 aromatic rings. The van der Waals surface area contributed by atoms with Crippen molar-refractivity contribution in [1.82, 2.24) is 0 Å². The van der Waals surface area contributed by atoms with Gasteiger partial charge in [0.1, 0.15) is 5.88 Å². The summed E-state index contributed by atoms with van der Waals surface area (Å²) in [5, 5.41) is 1.06. The third kappa shape index (κ3) is 3.89. The fraction of sp³-hybridized carbons (Fsp3) is 0.200. The molecule has 0 heterocycles. The molecule has 18 heavy (non-hydrogen) atoms. The van der Waals surface area contributed by atoms with E-state index in [0.29, 0.717) is 12.1 Å². The molecule has 0 aliphatic rings. The van der Waals surface area contributed by atoms with Crippen LogP contribution in [0.3, 0.4) is 0 Å². The lowest BCUT2D eigenvalue weighted by Crippen LogP contribution is -2.14. The molecule has 0 atom stereocenters. The number of amides is 1. The van der Waals surface area contributed by atoms with Gasteiger partial charge < -0.3 is 5.32 Å². The number of nitrogens with one attached hydrogen (secondary N) is 1. The van der Waals surface area contributed by atoms with Crippen LogP contribution >= 0.6 is 23.2 Å². The van der Waals surface area contributed by atoms with Crippen molar-refractivity contribution in [1.29, 1.82) is 0 Å². The van der Waals surface area contributed by atoms with Crippen molar-refractivity contribution in [3.8, 4) is 0 Å². The summed E-state index contributed by atoms with van der Waals surface area (Å²) in [7, 11) is 0. The SMILES string of the molecule is O=C(CCl)Nc1cc(C(=O)Cl)cc(C(F)(F)F)c1. The number of carbonyl (C=O) groups excluding carboxylic acids is 2. The maximum absolute atomic E-state index is 12.5. The molecule has 0 bridgehead atoms. The van der Waals surface area contributed by atoms with Crippen LogP contribution in [0.2, 0.25) is 0 Å². The second-order valence-corrected chi connectivity index (χ2v) is 3.86. The van der Waals surface area contributed by atoms with Gasteiger partial charge in [0.15, 0.2) is 0 Å². The molecule has 98 valence electrons. The Balaban J connectivity index is 3.22. The van der Waals surface area contributed by atoms with E-state index in [1.54, 1.807) is 0 Å². The van der Waals surface area contributed by atoms with Crippen molar-refractivity contribution >= 4 is 40.0 Å². The molecule has 0 aliphatic carbocycles. The summed E-state index contributed by atoms with van der Waals surface area (Å²) in [6, 6.07) is 2.33. The Bertz CT molecular complexity index is 489. The van der Waals surface area contributed by atoms with Crippen molar-refractivity contribution in [2.75, 3.05) is 11.2 Å². The number of alkyl halides is 4. The maximum Gasteiger partial charge on any atom is 0.416 e. The Morgan fingerprint density at radius 3 is 2.28 bits per heavy atom. The third-order valence-electron chi connectivity index (χ3n) is 1.89. The zero-order chi connectivity index (χ0) is 13.9. The van der Waals surface area contributed by atoms with Gasteiger partial charge in [-0.05, 0) is 29.8 Å². The van der Waals surface area contributed by atoms with E-state index in [2.05, 4.69) is 5.32 Å². The minimum absolute atomic E-state index is 0.195. The van der Waals surface area contributed by atoms with Crippen LogP contribution in [0, 0.1) is 0 Å². The number of anilines is 1. The molecular weight excluding hydrogens is 294 g/mol. The molecule has 0 fully saturated rings. The van der Waals surface area contributed by atoms with Crippen LogP contribution in [0.15, 0.2) is 18.2 Å². The molecular formula is C10H6Cl2F3NO2. The lowest BCUT2D eigenvalue weighted by molar-refractivity contribution is -0.137. The summed E-state index contributed by atoms with van der Waals surface area (Å²) in [6.07, 6.45) is -4.65. The fourth-order valence-corrected chi connectivity index (χ4v) is 1.35. The molecule has 0 aliphatic heterocycles. The van der Waals surface area contributed by atoms with E-state index >= 15 is 0 Å². The Morgan fingerprint density at radius 1 is 1.22 bits per heavy atom. The smallest absolute Gasteiger partial charge is 0.325 e. The highest BCUT2D eigenvalue weighted by molar-refractivity contribution is 6.67. The average molecular weight is 300 g/mol. The summed E-state index contributed by atoms with van der Waals surface area (Å²) < 4.78 is 37.6. The molecule has 0 aromatic heterocycles. The van der Waals surface area contributed by atoms with Gasteiger partial charge in [0, 0.05) is 11.3 Å². The predicted molar refractivity (Wildman–Crippen MR) is 61.0 cm³/mol. The molecule has 0 unspecified atom stereocenters. The Kier molecular flexibility index (Phi) is 4.59. The zero-order valence-corrected chi connectivity index (χ0v) is 10.2. The highest BCUT2D eigenvalue weighted by Crippen LogP contribution is 2.32. The van der Waals surface area contributed by atoms with Gasteiger partial charge in [-0.25, -0.2) is 0 Å². The molecule has 0 saturated heterocycles. The molecule has 1 aromatic carbocycles. The topological polar surface area (TPSA) is 46.2 Å². The average Bonchev–Trinajstić information content (AvgIpc) is 2.27. The Labute approximate surface area is 110 Å². The number of halogens is 5.